The van der Waals surface area contributed by atoms with E-state index in [1.807, 2.05) is 42.5 Å². The van der Waals surface area contributed by atoms with Gasteiger partial charge in [0.1, 0.15) is 5.75 Å². The molecule has 4 aromatic rings. The van der Waals surface area contributed by atoms with Crippen LogP contribution in [0.4, 0.5) is 5.69 Å². The van der Waals surface area contributed by atoms with Crippen LogP contribution < -0.4 is 9.64 Å². The van der Waals surface area contributed by atoms with Gasteiger partial charge in [0.25, 0.3) is 0 Å². The Morgan fingerprint density at radius 2 is 1.00 bits per heavy atom. The van der Waals surface area contributed by atoms with Gasteiger partial charge in [0.2, 0.25) is 0 Å². The molecular weight excluding hydrogens is 354 g/mol. The van der Waals surface area contributed by atoms with Crippen LogP contribution >= 0.6 is 0 Å². The first-order valence-corrected chi connectivity index (χ1v) is 9.84. The van der Waals surface area contributed by atoms with Crippen molar-refractivity contribution in [2.24, 2.45) is 0 Å². The first-order chi connectivity index (χ1) is 14.2. The van der Waals surface area contributed by atoms with Gasteiger partial charge in [-0.1, -0.05) is 97.1 Å². The van der Waals surface area contributed by atoms with E-state index < -0.39 is 5.60 Å². The minimum atomic E-state index is -0.787. The molecule has 4 aromatic carbocycles. The molecule has 0 unspecified atom stereocenters. The van der Waals surface area contributed by atoms with Crippen LogP contribution in [0.3, 0.4) is 0 Å². The summed E-state index contributed by atoms with van der Waals surface area (Å²) in [5.74, 6) is 0.828. The van der Waals surface area contributed by atoms with Crippen molar-refractivity contribution in [3.05, 3.63) is 132 Å². The molecule has 0 atom stereocenters. The van der Waals surface area contributed by atoms with Crippen LogP contribution in [0.5, 0.6) is 5.75 Å². The lowest BCUT2D eigenvalue weighted by atomic mass is 9.79. The van der Waals surface area contributed by atoms with Gasteiger partial charge in [-0.15, -0.1) is 0 Å². The van der Waals surface area contributed by atoms with Crippen molar-refractivity contribution >= 4 is 5.69 Å². The molecule has 0 aliphatic carbocycles. The molecule has 29 heavy (non-hydrogen) atoms. The molecule has 0 heterocycles. The third-order valence-electron chi connectivity index (χ3n) is 5.14. The van der Waals surface area contributed by atoms with Crippen molar-refractivity contribution in [3.8, 4) is 5.75 Å². The highest BCUT2D eigenvalue weighted by Crippen LogP contribution is 2.44. The zero-order valence-corrected chi connectivity index (χ0v) is 16.8. The lowest BCUT2D eigenvalue weighted by molar-refractivity contribution is 0.156. The molecule has 0 radical (unpaired) electrons. The fraction of sp³-hybridized carbons (Fsp3) is 0.111. The van der Waals surface area contributed by atoms with Gasteiger partial charge in [-0.3, -0.25) is 0 Å². The maximum absolute atomic E-state index is 6.92. The van der Waals surface area contributed by atoms with E-state index in [0.29, 0.717) is 0 Å². The summed E-state index contributed by atoms with van der Waals surface area (Å²) >= 11 is 0. The summed E-state index contributed by atoms with van der Waals surface area (Å²) in [6, 6.07) is 39.4. The molecule has 0 amide bonds. The molecular formula is C27H25NO. The Bertz CT molecular complexity index is 1000. The van der Waals surface area contributed by atoms with Gasteiger partial charge in [0.05, 0.1) is 0 Å². The van der Waals surface area contributed by atoms with Crippen molar-refractivity contribution in [3.63, 3.8) is 0 Å². The Kier molecular flexibility index (Phi) is 5.35. The predicted octanol–water partition coefficient (Wildman–Crippen LogP) is 6.12. The van der Waals surface area contributed by atoms with Crippen molar-refractivity contribution in [1.29, 1.82) is 0 Å². The van der Waals surface area contributed by atoms with E-state index >= 15 is 0 Å². The number of hydrogen-bond donors (Lipinski definition) is 0. The SMILES string of the molecule is CN(C)c1ccccc1C(Oc1ccccc1)(c1ccccc1)c1ccccc1. The average Bonchev–Trinajstić information content (AvgIpc) is 2.79. The highest BCUT2D eigenvalue weighted by Gasteiger charge is 2.41. The summed E-state index contributed by atoms with van der Waals surface area (Å²) < 4.78 is 6.92. The predicted molar refractivity (Wildman–Crippen MR) is 121 cm³/mol. The van der Waals surface area contributed by atoms with Crippen molar-refractivity contribution < 1.29 is 4.74 Å². The van der Waals surface area contributed by atoms with Crippen LogP contribution in [-0.2, 0) is 5.60 Å². The molecule has 4 rings (SSSR count). The topological polar surface area (TPSA) is 12.5 Å². The van der Waals surface area contributed by atoms with Gasteiger partial charge in [0, 0.05) is 36.5 Å². The van der Waals surface area contributed by atoms with Gasteiger partial charge >= 0.3 is 0 Å². The molecule has 0 fully saturated rings. The molecule has 2 nitrogen and oxygen atoms in total. The monoisotopic (exact) mass is 379 g/mol. The summed E-state index contributed by atoms with van der Waals surface area (Å²) in [6.45, 7) is 0. The van der Waals surface area contributed by atoms with Crippen LogP contribution in [0.2, 0.25) is 0 Å². The second-order valence-electron chi connectivity index (χ2n) is 7.24. The van der Waals surface area contributed by atoms with Crippen LogP contribution in [-0.4, -0.2) is 14.1 Å². The zero-order valence-electron chi connectivity index (χ0n) is 16.8. The molecule has 2 heteroatoms. The fourth-order valence-corrected chi connectivity index (χ4v) is 3.82. The second kappa shape index (κ2) is 8.24. The van der Waals surface area contributed by atoms with Gasteiger partial charge < -0.3 is 9.64 Å². The van der Waals surface area contributed by atoms with Crippen molar-refractivity contribution in [2.75, 3.05) is 19.0 Å². The van der Waals surface area contributed by atoms with E-state index in [1.54, 1.807) is 0 Å². The van der Waals surface area contributed by atoms with E-state index in [1.165, 1.54) is 0 Å². The maximum atomic E-state index is 6.92. The lowest BCUT2D eigenvalue weighted by Crippen LogP contribution is -2.37. The third-order valence-corrected chi connectivity index (χ3v) is 5.14. The van der Waals surface area contributed by atoms with Gasteiger partial charge in [-0.2, -0.15) is 0 Å². The van der Waals surface area contributed by atoms with Crippen LogP contribution in [0.25, 0.3) is 0 Å². The summed E-state index contributed by atoms with van der Waals surface area (Å²) in [5.41, 5.74) is 3.61. The van der Waals surface area contributed by atoms with E-state index in [9.17, 15) is 0 Å². The number of hydrogen-bond acceptors (Lipinski definition) is 2. The van der Waals surface area contributed by atoms with Crippen LogP contribution in [0.15, 0.2) is 115 Å². The first kappa shape index (κ1) is 18.8. The quantitative estimate of drug-likeness (QED) is 0.374. The normalized spacial score (nSPS) is 11.1. The molecule has 0 spiro atoms. The van der Waals surface area contributed by atoms with Crippen LogP contribution in [0, 0.1) is 0 Å². The molecule has 0 aliphatic heterocycles. The number of benzene rings is 4. The molecule has 0 saturated heterocycles. The largest absolute Gasteiger partial charge is 0.473 e. The molecule has 0 bridgehead atoms. The highest BCUT2D eigenvalue weighted by atomic mass is 16.5. The molecule has 144 valence electrons. The minimum Gasteiger partial charge on any atom is -0.473 e. The van der Waals surface area contributed by atoms with Gasteiger partial charge in [-0.25, -0.2) is 0 Å². The molecule has 0 aliphatic rings. The average molecular weight is 380 g/mol. The van der Waals surface area contributed by atoms with E-state index in [0.717, 1.165) is 28.1 Å². The Morgan fingerprint density at radius 1 is 0.552 bits per heavy atom. The third kappa shape index (κ3) is 3.62. The number of anilines is 1. The van der Waals surface area contributed by atoms with E-state index in [2.05, 4.69) is 91.8 Å². The smallest absolute Gasteiger partial charge is 0.186 e. The van der Waals surface area contributed by atoms with Crippen LogP contribution in [0.1, 0.15) is 16.7 Å². The number of ether oxygens (including phenoxy) is 1. The summed E-state index contributed by atoms with van der Waals surface area (Å²) in [6.07, 6.45) is 0. The van der Waals surface area contributed by atoms with Gasteiger partial charge in [0.15, 0.2) is 5.60 Å². The number of rotatable bonds is 6. The number of nitrogens with zero attached hydrogens (tertiary/aromatic N) is 1. The Labute approximate surface area is 173 Å². The van der Waals surface area contributed by atoms with E-state index in [-0.39, 0.29) is 0 Å². The Balaban J connectivity index is 2.07. The molecule has 0 aromatic heterocycles. The lowest BCUT2D eigenvalue weighted by Gasteiger charge is -2.38. The van der Waals surface area contributed by atoms with Crippen molar-refractivity contribution in [1.82, 2.24) is 0 Å². The van der Waals surface area contributed by atoms with E-state index in [4.69, 9.17) is 4.74 Å². The highest BCUT2D eigenvalue weighted by molar-refractivity contribution is 5.62. The molecule has 0 N–H and O–H groups in total. The molecule has 0 saturated carbocycles. The Hall–Kier alpha value is -3.52. The fourth-order valence-electron chi connectivity index (χ4n) is 3.82. The first-order valence-electron chi connectivity index (χ1n) is 9.84. The standard InChI is InChI=1S/C27H25NO/c1-28(2)26-21-13-12-20-25(26)27(22-14-6-3-7-15-22,23-16-8-4-9-17-23)29-24-18-10-5-11-19-24/h3-21H,1-2H3. The summed E-state index contributed by atoms with van der Waals surface area (Å²) in [4.78, 5) is 2.14. The summed E-state index contributed by atoms with van der Waals surface area (Å²) in [5, 5.41) is 0. The summed E-state index contributed by atoms with van der Waals surface area (Å²) in [7, 11) is 4.14. The van der Waals surface area contributed by atoms with Gasteiger partial charge in [-0.05, 0) is 18.2 Å². The maximum Gasteiger partial charge on any atom is 0.186 e. The second-order valence-corrected chi connectivity index (χ2v) is 7.24. The zero-order chi connectivity index (χ0) is 20.1. The minimum absolute atomic E-state index is 0.787. The number of para-hydroxylation sites is 2. The Morgan fingerprint density at radius 3 is 1.52 bits per heavy atom. The van der Waals surface area contributed by atoms with Crippen molar-refractivity contribution in [2.45, 2.75) is 5.60 Å².